The molecule has 2 rings (SSSR count). The summed E-state index contributed by atoms with van der Waals surface area (Å²) in [6.45, 7) is 1.21. The van der Waals surface area contributed by atoms with Crippen LogP contribution in [0.1, 0.15) is 10.5 Å². The van der Waals surface area contributed by atoms with Crippen LogP contribution in [0.15, 0.2) is 30.3 Å². The minimum absolute atomic E-state index is 0.115. The smallest absolute Gasteiger partial charge is 0.152 e. The molecule has 0 amide bonds. The van der Waals surface area contributed by atoms with Crippen LogP contribution in [0.5, 0.6) is 0 Å². The Morgan fingerprint density at radius 2 is 1.69 bits per heavy atom. The van der Waals surface area contributed by atoms with Crippen molar-refractivity contribution in [2.45, 2.75) is 4.95 Å². The summed E-state index contributed by atoms with van der Waals surface area (Å²) in [6.07, 6.45) is 0. The summed E-state index contributed by atoms with van der Waals surface area (Å²) >= 11 is 3.62. The van der Waals surface area contributed by atoms with Gasteiger partial charge in [-0.05, 0) is 5.56 Å². The van der Waals surface area contributed by atoms with Gasteiger partial charge in [0.2, 0.25) is 0 Å². The van der Waals surface area contributed by atoms with Gasteiger partial charge in [-0.25, -0.2) is 8.42 Å². The van der Waals surface area contributed by atoms with Crippen LogP contribution in [0.4, 0.5) is 0 Å². The van der Waals surface area contributed by atoms with Crippen molar-refractivity contribution in [3.8, 4) is 0 Å². The third-order valence-electron chi connectivity index (χ3n) is 2.77. The van der Waals surface area contributed by atoms with Gasteiger partial charge in [0.05, 0.1) is 16.5 Å². The Kier molecular flexibility index (Phi) is 3.66. The van der Waals surface area contributed by atoms with Gasteiger partial charge in [0.25, 0.3) is 0 Å². The molecule has 0 aromatic heterocycles. The molecule has 16 heavy (non-hydrogen) atoms. The van der Waals surface area contributed by atoms with E-state index in [2.05, 4.69) is 20.8 Å². The Balaban J connectivity index is 2.05. The van der Waals surface area contributed by atoms with Crippen molar-refractivity contribution in [1.82, 2.24) is 4.90 Å². The summed E-state index contributed by atoms with van der Waals surface area (Å²) in [5.41, 5.74) is 1.17. The van der Waals surface area contributed by atoms with Crippen molar-refractivity contribution in [3.63, 3.8) is 0 Å². The number of rotatable bonds is 2. The molecule has 1 aliphatic heterocycles. The fourth-order valence-corrected chi connectivity index (χ4v) is 3.72. The number of hydrogen-bond acceptors (Lipinski definition) is 3. The highest BCUT2D eigenvalue weighted by molar-refractivity contribution is 9.09. The molecule has 1 atom stereocenters. The molecule has 3 nitrogen and oxygen atoms in total. The van der Waals surface area contributed by atoms with E-state index in [-0.39, 0.29) is 16.5 Å². The fourth-order valence-electron chi connectivity index (χ4n) is 1.78. The third kappa shape index (κ3) is 2.84. The van der Waals surface area contributed by atoms with E-state index in [4.69, 9.17) is 0 Å². The molecule has 1 aromatic carbocycles. The van der Waals surface area contributed by atoms with E-state index in [0.717, 1.165) is 0 Å². The zero-order chi connectivity index (χ0) is 11.6. The lowest BCUT2D eigenvalue weighted by Crippen LogP contribution is -2.40. The summed E-state index contributed by atoms with van der Waals surface area (Å²) in [5, 5.41) is 0. The zero-order valence-electron chi connectivity index (χ0n) is 8.84. The first kappa shape index (κ1) is 12.1. The Bertz CT molecular complexity index is 432. The summed E-state index contributed by atoms with van der Waals surface area (Å²) < 4.78 is 22.6. The summed E-state index contributed by atoms with van der Waals surface area (Å²) in [7, 11) is -2.79. The summed E-state index contributed by atoms with van der Waals surface area (Å²) in [4.78, 5) is 2.26. The van der Waals surface area contributed by atoms with E-state index in [1.807, 2.05) is 30.3 Å². The molecule has 1 heterocycles. The molecule has 0 N–H and O–H groups in total. The van der Waals surface area contributed by atoms with Crippen molar-refractivity contribution in [2.75, 3.05) is 24.6 Å². The topological polar surface area (TPSA) is 37.4 Å². The average Bonchev–Trinajstić information content (AvgIpc) is 2.29. The molecule has 0 saturated carbocycles. The Labute approximate surface area is 105 Å². The lowest BCUT2D eigenvalue weighted by Gasteiger charge is -2.31. The molecule has 1 saturated heterocycles. The van der Waals surface area contributed by atoms with Gasteiger partial charge in [-0.1, -0.05) is 46.3 Å². The number of nitrogens with zero attached hydrogens (tertiary/aromatic N) is 1. The lowest BCUT2D eigenvalue weighted by molar-refractivity contribution is 0.284. The van der Waals surface area contributed by atoms with Crippen LogP contribution in [0.2, 0.25) is 0 Å². The van der Waals surface area contributed by atoms with Gasteiger partial charge in [-0.15, -0.1) is 0 Å². The molecular weight excluding hydrogens is 290 g/mol. The van der Waals surface area contributed by atoms with Crippen molar-refractivity contribution >= 4 is 25.8 Å². The lowest BCUT2D eigenvalue weighted by atomic mass is 10.2. The molecule has 0 bridgehead atoms. The van der Waals surface area contributed by atoms with E-state index in [0.29, 0.717) is 13.1 Å². The van der Waals surface area contributed by atoms with Crippen molar-refractivity contribution in [1.29, 1.82) is 0 Å². The summed E-state index contributed by atoms with van der Waals surface area (Å²) in [5.74, 6) is 0.532. The fraction of sp³-hybridized carbons (Fsp3) is 0.455. The molecule has 0 aliphatic carbocycles. The third-order valence-corrected chi connectivity index (χ3v) is 5.49. The van der Waals surface area contributed by atoms with E-state index in [9.17, 15) is 8.42 Å². The van der Waals surface area contributed by atoms with Crippen molar-refractivity contribution in [3.05, 3.63) is 35.9 Å². The molecular formula is C11H14BrNO2S. The van der Waals surface area contributed by atoms with Crippen LogP contribution in [-0.4, -0.2) is 37.9 Å². The molecule has 0 radical (unpaired) electrons. The molecule has 0 spiro atoms. The van der Waals surface area contributed by atoms with Crippen LogP contribution >= 0.6 is 15.9 Å². The predicted molar refractivity (Wildman–Crippen MR) is 68.3 cm³/mol. The van der Waals surface area contributed by atoms with Crippen LogP contribution in [0.25, 0.3) is 0 Å². The zero-order valence-corrected chi connectivity index (χ0v) is 11.2. The Hall–Kier alpha value is -0.390. The Morgan fingerprint density at radius 3 is 2.25 bits per heavy atom. The molecule has 1 fully saturated rings. The van der Waals surface area contributed by atoms with Gasteiger partial charge in [0.1, 0.15) is 0 Å². The van der Waals surface area contributed by atoms with Crippen molar-refractivity contribution in [2.24, 2.45) is 0 Å². The summed E-state index contributed by atoms with van der Waals surface area (Å²) in [6, 6.07) is 10.0. The maximum atomic E-state index is 11.3. The van der Waals surface area contributed by atoms with Crippen molar-refractivity contribution < 1.29 is 8.42 Å². The maximum Gasteiger partial charge on any atom is 0.152 e. The van der Waals surface area contributed by atoms with Crippen LogP contribution in [-0.2, 0) is 9.84 Å². The van der Waals surface area contributed by atoms with Crippen LogP contribution in [0.3, 0.4) is 0 Å². The van der Waals surface area contributed by atoms with Crippen LogP contribution in [0, 0.1) is 0 Å². The van der Waals surface area contributed by atoms with E-state index in [1.165, 1.54) is 5.56 Å². The van der Waals surface area contributed by atoms with Gasteiger partial charge >= 0.3 is 0 Å². The molecule has 1 unspecified atom stereocenters. The SMILES string of the molecule is O=S1(=O)CCN(C(Br)c2ccccc2)CC1. The van der Waals surface area contributed by atoms with Gasteiger partial charge in [0, 0.05) is 13.1 Å². The van der Waals surface area contributed by atoms with E-state index < -0.39 is 9.84 Å². The highest BCUT2D eigenvalue weighted by Crippen LogP contribution is 2.27. The normalized spacial score (nSPS) is 22.8. The second-order valence-corrected chi connectivity index (χ2v) is 7.11. The number of alkyl halides is 1. The van der Waals surface area contributed by atoms with Crippen LogP contribution < -0.4 is 0 Å². The number of halogens is 1. The minimum Gasteiger partial charge on any atom is -0.285 e. The molecule has 1 aromatic rings. The van der Waals surface area contributed by atoms with E-state index in [1.54, 1.807) is 0 Å². The second-order valence-electron chi connectivity index (χ2n) is 3.93. The average molecular weight is 304 g/mol. The minimum atomic E-state index is -2.79. The molecule has 88 valence electrons. The standard InChI is InChI=1S/C11H14BrNO2S/c12-11(10-4-2-1-3-5-10)13-6-8-16(14,15)9-7-13/h1-5,11H,6-9H2. The predicted octanol–water partition coefficient (Wildman–Crippen LogP) is 1.81. The molecule has 5 heteroatoms. The van der Waals surface area contributed by atoms with Gasteiger partial charge < -0.3 is 0 Å². The van der Waals surface area contributed by atoms with Gasteiger partial charge in [-0.2, -0.15) is 0 Å². The largest absolute Gasteiger partial charge is 0.285 e. The second kappa shape index (κ2) is 4.85. The maximum absolute atomic E-state index is 11.3. The first-order valence-electron chi connectivity index (χ1n) is 5.22. The quantitative estimate of drug-likeness (QED) is 0.618. The van der Waals surface area contributed by atoms with Gasteiger partial charge in [-0.3, -0.25) is 4.90 Å². The highest BCUT2D eigenvalue weighted by atomic mass is 79.9. The number of benzene rings is 1. The first-order chi connectivity index (χ1) is 7.58. The monoisotopic (exact) mass is 303 g/mol. The van der Waals surface area contributed by atoms with Gasteiger partial charge in [0.15, 0.2) is 9.84 Å². The first-order valence-corrected chi connectivity index (χ1v) is 7.96. The number of sulfone groups is 1. The highest BCUT2D eigenvalue weighted by Gasteiger charge is 2.26. The molecule has 1 aliphatic rings. The number of hydrogen-bond donors (Lipinski definition) is 0. The Morgan fingerprint density at radius 1 is 1.12 bits per heavy atom. The van der Waals surface area contributed by atoms with E-state index >= 15 is 0 Å².